The van der Waals surface area contributed by atoms with Crippen LogP contribution >= 0.6 is 0 Å². The van der Waals surface area contributed by atoms with Crippen LogP contribution in [0.3, 0.4) is 0 Å². The number of hydrogen-bond acceptors (Lipinski definition) is 2. The first kappa shape index (κ1) is 21.5. The summed E-state index contributed by atoms with van der Waals surface area (Å²) in [6.07, 6.45) is -2.45. The van der Waals surface area contributed by atoms with Crippen LogP contribution in [0.1, 0.15) is 44.2 Å². The van der Waals surface area contributed by atoms with Crippen molar-refractivity contribution in [3.63, 3.8) is 0 Å². The van der Waals surface area contributed by atoms with Crippen molar-refractivity contribution in [3.8, 4) is 0 Å². The standard InChI is InChI=1S/C20H31F3N4/c1-3-24-19(25-11-10-20(21,22)23)26-13-17-6-8-18(9-7-17)15-27-12-4-5-16(2)14-27/h6-9,16H,3-5,10-15H2,1-2H3,(H2,24,25,26). The summed E-state index contributed by atoms with van der Waals surface area (Å²) in [4.78, 5) is 6.87. The van der Waals surface area contributed by atoms with E-state index in [9.17, 15) is 13.2 Å². The third-order valence-corrected chi connectivity index (χ3v) is 4.64. The quantitative estimate of drug-likeness (QED) is 0.553. The molecule has 7 heteroatoms. The number of benzene rings is 1. The van der Waals surface area contributed by atoms with E-state index < -0.39 is 12.6 Å². The highest BCUT2D eigenvalue weighted by atomic mass is 19.4. The fraction of sp³-hybridized carbons (Fsp3) is 0.650. The SMILES string of the molecule is CCNC(=NCc1ccc(CN2CCCC(C)C2)cc1)NCCC(F)(F)F. The van der Waals surface area contributed by atoms with Crippen LogP contribution in [0.4, 0.5) is 13.2 Å². The highest BCUT2D eigenvalue weighted by Gasteiger charge is 2.26. The number of guanidine groups is 1. The van der Waals surface area contributed by atoms with Gasteiger partial charge in [0.1, 0.15) is 0 Å². The zero-order chi connectivity index (χ0) is 19.7. The summed E-state index contributed by atoms with van der Waals surface area (Å²) in [6.45, 7) is 8.33. The number of nitrogens with zero attached hydrogens (tertiary/aromatic N) is 2. The third kappa shape index (κ3) is 8.65. The molecule has 1 atom stereocenters. The molecule has 27 heavy (non-hydrogen) atoms. The fourth-order valence-electron chi connectivity index (χ4n) is 3.27. The Labute approximate surface area is 160 Å². The topological polar surface area (TPSA) is 39.7 Å². The van der Waals surface area contributed by atoms with E-state index in [2.05, 4.69) is 39.6 Å². The Kier molecular flexibility index (Phi) is 8.41. The van der Waals surface area contributed by atoms with Gasteiger partial charge in [0.05, 0.1) is 13.0 Å². The molecule has 0 radical (unpaired) electrons. The van der Waals surface area contributed by atoms with E-state index in [1.54, 1.807) is 0 Å². The minimum Gasteiger partial charge on any atom is -0.357 e. The summed E-state index contributed by atoms with van der Waals surface area (Å²) in [5.74, 6) is 1.18. The molecule has 0 saturated carbocycles. The molecule has 1 unspecified atom stereocenters. The summed E-state index contributed by atoms with van der Waals surface area (Å²) in [6, 6.07) is 8.33. The van der Waals surface area contributed by atoms with Gasteiger partial charge in [-0.05, 0) is 43.4 Å². The predicted octanol–water partition coefficient (Wildman–Crippen LogP) is 3.93. The van der Waals surface area contributed by atoms with Gasteiger partial charge in [-0.3, -0.25) is 4.90 Å². The molecule has 0 aromatic heterocycles. The van der Waals surface area contributed by atoms with Gasteiger partial charge in [0.15, 0.2) is 5.96 Å². The van der Waals surface area contributed by atoms with E-state index in [0.29, 0.717) is 19.0 Å². The van der Waals surface area contributed by atoms with Crippen LogP contribution in [0.5, 0.6) is 0 Å². The summed E-state index contributed by atoms with van der Waals surface area (Å²) in [5.41, 5.74) is 2.32. The van der Waals surface area contributed by atoms with Gasteiger partial charge < -0.3 is 10.6 Å². The molecule has 1 aromatic carbocycles. The molecular weight excluding hydrogens is 353 g/mol. The Morgan fingerprint density at radius 1 is 1.19 bits per heavy atom. The van der Waals surface area contributed by atoms with E-state index in [1.165, 1.54) is 18.4 Å². The second kappa shape index (κ2) is 10.5. The maximum absolute atomic E-state index is 12.3. The molecule has 2 rings (SSSR count). The van der Waals surface area contributed by atoms with Crippen molar-refractivity contribution in [1.82, 2.24) is 15.5 Å². The van der Waals surface area contributed by atoms with Gasteiger partial charge in [-0.1, -0.05) is 31.2 Å². The molecule has 0 aliphatic carbocycles. The van der Waals surface area contributed by atoms with Gasteiger partial charge in [0, 0.05) is 26.2 Å². The highest BCUT2D eigenvalue weighted by molar-refractivity contribution is 5.79. The van der Waals surface area contributed by atoms with Crippen molar-refractivity contribution in [2.75, 3.05) is 26.2 Å². The molecule has 1 saturated heterocycles. The number of piperidine rings is 1. The van der Waals surface area contributed by atoms with Crippen molar-refractivity contribution in [2.45, 2.75) is 52.4 Å². The number of alkyl halides is 3. The van der Waals surface area contributed by atoms with Crippen LogP contribution in [0.15, 0.2) is 29.3 Å². The van der Waals surface area contributed by atoms with Gasteiger partial charge in [-0.25, -0.2) is 4.99 Å². The molecule has 1 aromatic rings. The Balaban J connectivity index is 1.84. The molecule has 1 fully saturated rings. The molecule has 1 heterocycles. The molecule has 2 N–H and O–H groups in total. The van der Waals surface area contributed by atoms with Crippen molar-refractivity contribution in [3.05, 3.63) is 35.4 Å². The maximum Gasteiger partial charge on any atom is 0.390 e. The molecule has 0 amide bonds. The maximum atomic E-state index is 12.3. The second-order valence-corrected chi connectivity index (χ2v) is 7.29. The van der Waals surface area contributed by atoms with Crippen LogP contribution in [0.2, 0.25) is 0 Å². The largest absolute Gasteiger partial charge is 0.390 e. The van der Waals surface area contributed by atoms with Crippen molar-refractivity contribution < 1.29 is 13.2 Å². The second-order valence-electron chi connectivity index (χ2n) is 7.29. The van der Waals surface area contributed by atoms with E-state index in [4.69, 9.17) is 0 Å². The number of hydrogen-bond donors (Lipinski definition) is 2. The first-order valence-electron chi connectivity index (χ1n) is 9.75. The predicted molar refractivity (Wildman–Crippen MR) is 104 cm³/mol. The lowest BCUT2D eigenvalue weighted by Gasteiger charge is -2.30. The van der Waals surface area contributed by atoms with Gasteiger partial charge in [0.2, 0.25) is 0 Å². The Hall–Kier alpha value is -1.76. The molecule has 1 aliphatic heterocycles. The van der Waals surface area contributed by atoms with Crippen LogP contribution in [0, 0.1) is 5.92 Å². The Morgan fingerprint density at radius 3 is 2.52 bits per heavy atom. The van der Waals surface area contributed by atoms with Gasteiger partial charge in [-0.2, -0.15) is 13.2 Å². The highest BCUT2D eigenvalue weighted by Crippen LogP contribution is 2.19. The van der Waals surface area contributed by atoms with Crippen LogP contribution in [-0.2, 0) is 13.1 Å². The lowest BCUT2D eigenvalue weighted by Crippen LogP contribution is -2.38. The van der Waals surface area contributed by atoms with Crippen molar-refractivity contribution in [2.24, 2.45) is 10.9 Å². The summed E-state index contributed by atoms with van der Waals surface area (Å²) in [7, 11) is 0. The minimum absolute atomic E-state index is 0.178. The number of likely N-dealkylation sites (tertiary alicyclic amines) is 1. The third-order valence-electron chi connectivity index (χ3n) is 4.64. The lowest BCUT2D eigenvalue weighted by molar-refractivity contribution is -0.132. The first-order chi connectivity index (χ1) is 12.9. The van der Waals surface area contributed by atoms with E-state index >= 15 is 0 Å². The first-order valence-corrected chi connectivity index (χ1v) is 9.75. The molecular formula is C20H31F3N4. The van der Waals surface area contributed by atoms with Gasteiger partial charge in [0.25, 0.3) is 0 Å². The van der Waals surface area contributed by atoms with E-state index in [-0.39, 0.29) is 6.54 Å². The number of aliphatic imine (C=N–C) groups is 1. The fourth-order valence-corrected chi connectivity index (χ4v) is 3.27. The number of halogens is 3. The zero-order valence-electron chi connectivity index (χ0n) is 16.3. The van der Waals surface area contributed by atoms with Crippen LogP contribution in [0.25, 0.3) is 0 Å². The van der Waals surface area contributed by atoms with Crippen molar-refractivity contribution in [1.29, 1.82) is 0 Å². The average Bonchev–Trinajstić information content (AvgIpc) is 2.60. The monoisotopic (exact) mass is 384 g/mol. The molecule has 1 aliphatic rings. The average molecular weight is 384 g/mol. The molecule has 0 spiro atoms. The van der Waals surface area contributed by atoms with E-state index in [1.807, 2.05) is 19.1 Å². The van der Waals surface area contributed by atoms with Crippen LogP contribution in [-0.4, -0.2) is 43.2 Å². The van der Waals surface area contributed by atoms with Crippen molar-refractivity contribution >= 4 is 5.96 Å². The Bertz CT molecular complexity index is 584. The lowest BCUT2D eigenvalue weighted by atomic mass is 9.99. The summed E-state index contributed by atoms with van der Waals surface area (Å²) in [5, 5.41) is 5.70. The summed E-state index contributed by atoms with van der Waals surface area (Å²) < 4.78 is 36.8. The normalized spacial score (nSPS) is 19.1. The van der Waals surface area contributed by atoms with E-state index in [0.717, 1.165) is 31.1 Å². The van der Waals surface area contributed by atoms with Gasteiger partial charge in [-0.15, -0.1) is 0 Å². The zero-order valence-corrected chi connectivity index (χ0v) is 16.3. The number of nitrogens with one attached hydrogen (secondary N) is 2. The van der Waals surface area contributed by atoms with Gasteiger partial charge >= 0.3 is 6.18 Å². The molecule has 152 valence electrons. The minimum atomic E-state index is -4.16. The molecule has 4 nitrogen and oxygen atoms in total. The smallest absolute Gasteiger partial charge is 0.357 e. The summed E-state index contributed by atoms with van der Waals surface area (Å²) >= 11 is 0. The number of rotatable bonds is 7. The van der Waals surface area contributed by atoms with Crippen LogP contribution < -0.4 is 10.6 Å². The Morgan fingerprint density at radius 2 is 1.89 bits per heavy atom. The molecule has 0 bridgehead atoms.